The van der Waals surface area contributed by atoms with Crippen LogP contribution in [0, 0.1) is 0 Å². The summed E-state index contributed by atoms with van der Waals surface area (Å²) in [4.78, 5) is 12.3. The van der Waals surface area contributed by atoms with E-state index in [1.165, 1.54) is 0 Å². The molecule has 3 atom stereocenters. The Morgan fingerprint density at radius 1 is 0.852 bits per heavy atom. The van der Waals surface area contributed by atoms with Crippen LogP contribution in [-0.2, 0) is 29.7 Å². The molecule has 0 amide bonds. The van der Waals surface area contributed by atoms with Gasteiger partial charge in [-0.05, 0) is 35.4 Å². The summed E-state index contributed by atoms with van der Waals surface area (Å²) < 4.78 is 29.6. The van der Waals surface area contributed by atoms with Crippen molar-refractivity contribution in [3.63, 3.8) is 0 Å². The Kier molecular flexibility index (Phi) is 2.80. The second-order valence-electron chi connectivity index (χ2n) is 6.74. The molecule has 27 heavy (non-hydrogen) atoms. The van der Waals surface area contributed by atoms with Crippen molar-refractivity contribution in [1.29, 1.82) is 0 Å². The topological polar surface area (TPSA) is 63.2 Å². The highest BCUT2D eigenvalue weighted by Gasteiger charge is 2.75. The SMILES string of the molecule is O=C1OC2(OC34C=CC(c5ccccc5)=CC3(OCO4)O2)c2ccccc21. The van der Waals surface area contributed by atoms with Gasteiger partial charge in [-0.2, -0.15) is 0 Å². The monoisotopic (exact) mass is 362 g/mol. The van der Waals surface area contributed by atoms with Crippen molar-refractivity contribution in [2.45, 2.75) is 17.5 Å². The molecule has 0 bridgehead atoms. The number of carbonyl (C=O) groups excluding carboxylic acids is 1. The van der Waals surface area contributed by atoms with Gasteiger partial charge < -0.3 is 14.2 Å². The Labute approximate surface area is 154 Å². The molecule has 2 aromatic rings. The third-order valence-corrected chi connectivity index (χ3v) is 5.24. The lowest BCUT2D eigenvalue weighted by Gasteiger charge is -2.31. The van der Waals surface area contributed by atoms with Gasteiger partial charge in [-0.1, -0.05) is 48.5 Å². The van der Waals surface area contributed by atoms with Gasteiger partial charge >= 0.3 is 11.9 Å². The Hall–Kier alpha value is -2.77. The number of allylic oxidation sites excluding steroid dienone is 2. The quantitative estimate of drug-likeness (QED) is 0.727. The van der Waals surface area contributed by atoms with E-state index in [-0.39, 0.29) is 6.79 Å². The van der Waals surface area contributed by atoms with Gasteiger partial charge in [-0.15, -0.1) is 0 Å². The Bertz CT molecular complexity index is 1030. The summed E-state index contributed by atoms with van der Waals surface area (Å²) in [5, 5.41) is 0. The molecule has 0 radical (unpaired) electrons. The summed E-state index contributed by atoms with van der Waals surface area (Å²) in [5.74, 6) is -4.90. The van der Waals surface area contributed by atoms with Crippen molar-refractivity contribution in [3.8, 4) is 0 Å². The van der Waals surface area contributed by atoms with Crippen molar-refractivity contribution in [2.24, 2.45) is 0 Å². The zero-order valence-corrected chi connectivity index (χ0v) is 14.1. The molecule has 2 saturated heterocycles. The molecule has 6 rings (SSSR count). The molecule has 3 aliphatic heterocycles. The molecule has 0 saturated carbocycles. The van der Waals surface area contributed by atoms with Crippen molar-refractivity contribution in [3.05, 3.63) is 89.5 Å². The standard InChI is InChI=1S/C21H14O6/c22-18-16-8-4-5-9-17(16)21(25-18)26-19-11-10-15(14-6-2-1-3-7-14)12-20(19,27-21)24-13-23-19/h1-12H,13H2. The molecule has 0 N–H and O–H groups in total. The number of hydrogen-bond acceptors (Lipinski definition) is 6. The minimum Gasteiger partial charge on any atom is -0.400 e. The first-order valence-electron chi connectivity index (χ1n) is 8.64. The molecule has 2 aromatic carbocycles. The summed E-state index contributed by atoms with van der Waals surface area (Å²) in [6, 6.07) is 16.8. The molecule has 6 heteroatoms. The summed E-state index contributed by atoms with van der Waals surface area (Å²) in [6.45, 7) is -0.00537. The minimum absolute atomic E-state index is 0.00537. The Morgan fingerprint density at radius 3 is 2.48 bits per heavy atom. The largest absolute Gasteiger partial charge is 0.400 e. The van der Waals surface area contributed by atoms with Gasteiger partial charge in [0.1, 0.15) is 0 Å². The molecule has 3 unspecified atom stereocenters. The fraction of sp³-hybridized carbons (Fsp3) is 0.190. The van der Waals surface area contributed by atoms with Crippen molar-refractivity contribution >= 4 is 11.5 Å². The number of ether oxygens (including phenoxy) is 5. The number of hydrogen-bond donors (Lipinski definition) is 0. The molecule has 3 heterocycles. The summed E-state index contributed by atoms with van der Waals surface area (Å²) in [6.07, 6.45) is 5.47. The fourth-order valence-electron chi connectivity index (χ4n) is 3.97. The highest BCUT2D eigenvalue weighted by Crippen LogP contribution is 2.59. The highest BCUT2D eigenvalue weighted by molar-refractivity contribution is 5.94. The lowest BCUT2D eigenvalue weighted by Crippen LogP contribution is -2.47. The highest BCUT2D eigenvalue weighted by atomic mass is 17.0. The van der Waals surface area contributed by atoms with Gasteiger partial charge in [0.15, 0.2) is 6.79 Å². The molecule has 2 fully saturated rings. The third-order valence-electron chi connectivity index (χ3n) is 5.24. The molecule has 134 valence electrons. The van der Waals surface area contributed by atoms with E-state index in [0.29, 0.717) is 11.1 Å². The normalized spacial score (nSPS) is 35.6. The summed E-state index contributed by atoms with van der Waals surface area (Å²) in [7, 11) is 0. The molecular weight excluding hydrogens is 348 g/mol. The summed E-state index contributed by atoms with van der Waals surface area (Å²) >= 11 is 0. The number of carbonyl (C=O) groups is 1. The lowest BCUT2D eigenvalue weighted by molar-refractivity contribution is -0.369. The van der Waals surface area contributed by atoms with Crippen molar-refractivity contribution < 1.29 is 28.5 Å². The van der Waals surface area contributed by atoms with Crippen LogP contribution in [-0.4, -0.2) is 24.3 Å². The van der Waals surface area contributed by atoms with E-state index in [4.69, 9.17) is 23.7 Å². The first-order chi connectivity index (χ1) is 13.2. The Balaban J connectivity index is 1.50. The van der Waals surface area contributed by atoms with Crippen LogP contribution in [0.3, 0.4) is 0 Å². The van der Waals surface area contributed by atoms with E-state index in [9.17, 15) is 4.79 Å². The van der Waals surface area contributed by atoms with Crippen LogP contribution in [0.25, 0.3) is 5.57 Å². The van der Waals surface area contributed by atoms with E-state index < -0.39 is 23.5 Å². The first-order valence-corrected chi connectivity index (χ1v) is 8.64. The van der Waals surface area contributed by atoms with Crippen LogP contribution in [0.5, 0.6) is 0 Å². The van der Waals surface area contributed by atoms with Gasteiger partial charge in [0.05, 0.1) is 11.1 Å². The van der Waals surface area contributed by atoms with Gasteiger partial charge in [-0.3, -0.25) is 9.47 Å². The fourth-order valence-corrected chi connectivity index (χ4v) is 3.97. The maximum atomic E-state index is 12.3. The second-order valence-corrected chi connectivity index (χ2v) is 6.74. The van der Waals surface area contributed by atoms with Crippen LogP contribution in [0.15, 0.2) is 72.8 Å². The van der Waals surface area contributed by atoms with E-state index in [1.807, 2.05) is 42.5 Å². The predicted octanol–water partition coefficient (Wildman–Crippen LogP) is 3.06. The number of benzene rings is 2. The van der Waals surface area contributed by atoms with Gasteiger partial charge in [0.25, 0.3) is 11.6 Å². The molecular formula is C21H14O6. The lowest BCUT2D eigenvalue weighted by atomic mass is 9.92. The van der Waals surface area contributed by atoms with E-state index in [0.717, 1.165) is 11.1 Å². The summed E-state index contributed by atoms with van der Waals surface area (Å²) in [5.41, 5.74) is 2.80. The maximum Gasteiger partial charge on any atom is 0.365 e. The van der Waals surface area contributed by atoms with Gasteiger partial charge in [0, 0.05) is 0 Å². The molecule has 4 aliphatic rings. The van der Waals surface area contributed by atoms with E-state index in [1.54, 1.807) is 30.3 Å². The number of rotatable bonds is 1. The second kappa shape index (κ2) is 4.94. The molecule has 1 spiro atoms. The number of esters is 1. The van der Waals surface area contributed by atoms with Crippen LogP contribution in [0.4, 0.5) is 0 Å². The smallest absolute Gasteiger partial charge is 0.365 e. The van der Waals surface area contributed by atoms with E-state index >= 15 is 0 Å². The average molecular weight is 362 g/mol. The van der Waals surface area contributed by atoms with Crippen LogP contribution >= 0.6 is 0 Å². The zero-order chi connectivity index (χ0) is 18.1. The third kappa shape index (κ3) is 1.85. The zero-order valence-electron chi connectivity index (χ0n) is 14.1. The molecule has 0 aromatic heterocycles. The molecule has 1 aliphatic carbocycles. The first kappa shape index (κ1) is 15.3. The average Bonchev–Trinajstić information content (AvgIpc) is 3.28. The van der Waals surface area contributed by atoms with Crippen LogP contribution in [0.1, 0.15) is 21.5 Å². The minimum atomic E-state index is -1.71. The van der Waals surface area contributed by atoms with Crippen LogP contribution < -0.4 is 0 Å². The predicted molar refractivity (Wildman–Crippen MR) is 91.8 cm³/mol. The van der Waals surface area contributed by atoms with Gasteiger partial charge in [0.2, 0.25) is 0 Å². The maximum absolute atomic E-state index is 12.3. The van der Waals surface area contributed by atoms with Gasteiger partial charge in [-0.25, -0.2) is 4.79 Å². The molecule has 6 nitrogen and oxygen atoms in total. The Morgan fingerprint density at radius 2 is 1.59 bits per heavy atom. The van der Waals surface area contributed by atoms with Crippen molar-refractivity contribution in [2.75, 3.05) is 6.79 Å². The number of fused-ring (bicyclic) bond motifs is 2. The van der Waals surface area contributed by atoms with Crippen molar-refractivity contribution in [1.82, 2.24) is 0 Å². The van der Waals surface area contributed by atoms with Crippen LogP contribution in [0.2, 0.25) is 0 Å². The van der Waals surface area contributed by atoms with E-state index in [2.05, 4.69) is 0 Å².